The topological polar surface area (TPSA) is 0 Å². The van der Waals surface area contributed by atoms with Gasteiger partial charge in [-0.1, -0.05) is 37.1 Å². The fourth-order valence-corrected chi connectivity index (χ4v) is 5.46. The van der Waals surface area contributed by atoms with Crippen molar-refractivity contribution in [2.24, 2.45) is 0 Å². The lowest BCUT2D eigenvalue weighted by molar-refractivity contribution is 0.640. The first-order valence-electron chi connectivity index (χ1n) is 9.23. The van der Waals surface area contributed by atoms with Gasteiger partial charge >= 0.3 is 0 Å². The minimum absolute atomic E-state index is 1.14. The molecule has 0 saturated carbocycles. The van der Waals surface area contributed by atoms with Gasteiger partial charge in [-0.25, -0.2) is 0 Å². The number of aryl methyl sites for hydroxylation is 2. The highest BCUT2D eigenvalue weighted by atomic mass is 32.2. The van der Waals surface area contributed by atoms with Crippen LogP contribution in [0.3, 0.4) is 0 Å². The molecule has 26 heavy (non-hydrogen) atoms. The Bertz CT molecular complexity index is 537. The molecule has 0 aliphatic rings. The highest BCUT2D eigenvalue weighted by molar-refractivity contribution is 8.16. The summed E-state index contributed by atoms with van der Waals surface area (Å²) >= 11 is 7.62. The summed E-state index contributed by atoms with van der Waals surface area (Å²) < 4.78 is 0. The quantitative estimate of drug-likeness (QED) is 0.183. The molecule has 2 aromatic carbocycles. The van der Waals surface area contributed by atoms with E-state index >= 15 is 0 Å². The van der Waals surface area contributed by atoms with Gasteiger partial charge in [0.25, 0.3) is 0 Å². The molecule has 0 spiro atoms. The number of unbranched alkanes of at least 4 members (excludes halogenated alkanes) is 3. The molecule has 2 aromatic rings. The van der Waals surface area contributed by atoms with Crippen LogP contribution >= 0.6 is 47.0 Å². The predicted octanol–water partition coefficient (Wildman–Crippen LogP) is 7.86. The van der Waals surface area contributed by atoms with Crippen LogP contribution in [-0.4, -0.2) is 22.7 Å². The summed E-state index contributed by atoms with van der Waals surface area (Å²) in [5, 5.41) is 2.28. The first-order valence-corrected chi connectivity index (χ1v) is 14.0. The van der Waals surface area contributed by atoms with Crippen LogP contribution in [0.1, 0.15) is 36.8 Å². The number of thioether (sulfide) groups is 4. The molecule has 0 radical (unpaired) electrons. The van der Waals surface area contributed by atoms with Crippen molar-refractivity contribution in [3.05, 3.63) is 59.7 Å². The third kappa shape index (κ3) is 9.16. The fraction of sp³-hybridized carbons (Fsp3) is 0.455. The molecule has 0 bridgehead atoms. The zero-order chi connectivity index (χ0) is 18.5. The molecule has 4 heteroatoms. The van der Waals surface area contributed by atoms with E-state index in [2.05, 4.69) is 61.0 Å². The Balaban J connectivity index is 1.56. The average Bonchev–Trinajstić information content (AvgIpc) is 2.69. The second-order valence-corrected chi connectivity index (χ2v) is 10.9. The summed E-state index contributed by atoms with van der Waals surface area (Å²) in [4.78, 5) is 2.78. The summed E-state index contributed by atoms with van der Waals surface area (Å²) in [7, 11) is 0. The maximum absolute atomic E-state index is 2.30. The molecule has 0 heterocycles. The van der Waals surface area contributed by atoms with Gasteiger partial charge in [-0.2, -0.15) is 23.5 Å². The van der Waals surface area contributed by atoms with Gasteiger partial charge in [-0.05, 0) is 73.6 Å². The molecule has 2 rings (SSSR count). The lowest BCUT2D eigenvalue weighted by Crippen LogP contribution is -1.89. The lowest BCUT2D eigenvalue weighted by atomic mass is 10.0. The SMILES string of the molecule is CSCSc1ccc(CCCCCCc2ccc(SCSC)cc2)cc1. The van der Waals surface area contributed by atoms with Crippen molar-refractivity contribution in [1.29, 1.82) is 0 Å². The van der Waals surface area contributed by atoms with E-state index in [1.54, 1.807) is 0 Å². The van der Waals surface area contributed by atoms with Crippen LogP contribution in [0.2, 0.25) is 0 Å². The molecule has 0 aromatic heterocycles. The van der Waals surface area contributed by atoms with Crippen LogP contribution in [0.15, 0.2) is 58.3 Å². The average molecular weight is 423 g/mol. The Morgan fingerprint density at radius 3 is 1.27 bits per heavy atom. The third-order valence-electron chi connectivity index (χ3n) is 4.21. The van der Waals surface area contributed by atoms with Crippen LogP contribution in [0.5, 0.6) is 0 Å². The summed E-state index contributed by atoms with van der Waals surface area (Å²) in [5.41, 5.74) is 2.97. The van der Waals surface area contributed by atoms with Crippen molar-refractivity contribution in [3.8, 4) is 0 Å². The molecule has 0 aliphatic heterocycles. The van der Waals surface area contributed by atoms with Gasteiger partial charge < -0.3 is 0 Å². The van der Waals surface area contributed by atoms with Gasteiger partial charge in [0.2, 0.25) is 0 Å². The monoisotopic (exact) mass is 422 g/mol. The maximum Gasteiger partial charge on any atom is 0.0436 e. The van der Waals surface area contributed by atoms with E-state index in [4.69, 9.17) is 0 Å². The number of hydrogen-bond acceptors (Lipinski definition) is 4. The van der Waals surface area contributed by atoms with E-state index in [0.717, 1.165) is 10.2 Å². The number of hydrogen-bond donors (Lipinski definition) is 0. The van der Waals surface area contributed by atoms with E-state index in [1.165, 1.54) is 59.4 Å². The van der Waals surface area contributed by atoms with Gasteiger partial charge in [0, 0.05) is 20.0 Å². The Hall–Kier alpha value is -0.160. The maximum atomic E-state index is 2.30. The summed E-state index contributed by atoms with van der Waals surface area (Å²) in [6.45, 7) is 0. The van der Waals surface area contributed by atoms with Gasteiger partial charge in [-0.3, -0.25) is 0 Å². The summed E-state index contributed by atoms with van der Waals surface area (Å²) in [6, 6.07) is 18.3. The molecular formula is C22H30S4. The zero-order valence-corrected chi connectivity index (χ0v) is 19.2. The van der Waals surface area contributed by atoms with E-state index < -0.39 is 0 Å². The Morgan fingerprint density at radius 1 is 0.538 bits per heavy atom. The minimum atomic E-state index is 1.14. The molecule has 0 fully saturated rings. The van der Waals surface area contributed by atoms with Gasteiger partial charge in [-0.15, -0.1) is 23.5 Å². The fourth-order valence-electron chi connectivity index (χ4n) is 2.77. The van der Waals surface area contributed by atoms with Crippen molar-refractivity contribution >= 4 is 47.0 Å². The molecule has 142 valence electrons. The molecule has 0 unspecified atom stereocenters. The minimum Gasteiger partial charge on any atom is -0.154 e. The van der Waals surface area contributed by atoms with Gasteiger partial charge in [0.1, 0.15) is 0 Å². The first-order chi connectivity index (χ1) is 12.8. The first kappa shape index (κ1) is 22.1. The second-order valence-electron chi connectivity index (χ2n) is 6.30. The molecule has 0 nitrogen and oxygen atoms in total. The number of rotatable bonds is 13. The van der Waals surface area contributed by atoms with Crippen LogP contribution in [0.4, 0.5) is 0 Å². The third-order valence-corrected chi connectivity index (χ3v) is 8.25. The van der Waals surface area contributed by atoms with Crippen molar-refractivity contribution < 1.29 is 0 Å². The molecule has 0 N–H and O–H groups in total. The van der Waals surface area contributed by atoms with E-state index in [9.17, 15) is 0 Å². The molecule has 0 amide bonds. The highest BCUT2D eigenvalue weighted by Gasteiger charge is 1.99. The Kier molecular flexibility index (Phi) is 11.9. The highest BCUT2D eigenvalue weighted by Crippen LogP contribution is 2.23. The second kappa shape index (κ2) is 13.9. The van der Waals surface area contributed by atoms with Crippen molar-refractivity contribution in [2.45, 2.75) is 48.3 Å². The lowest BCUT2D eigenvalue weighted by Gasteiger charge is -2.05. The van der Waals surface area contributed by atoms with Crippen LogP contribution < -0.4 is 0 Å². The van der Waals surface area contributed by atoms with E-state index in [-0.39, 0.29) is 0 Å². The van der Waals surface area contributed by atoms with E-state index in [0.29, 0.717) is 0 Å². The van der Waals surface area contributed by atoms with Crippen molar-refractivity contribution in [1.82, 2.24) is 0 Å². The van der Waals surface area contributed by atoms with Crippen LogP contribution in [-0.2, 0) is 12.8 Å². The predicted molar refractivity (Wildman–Crippen MR) is 127 cm³/mol. The standard InChI is InChI=1S/C22H30S4/c1-23-17-25-21-13-9-19(10-14-21)7-5-3-4-6-8-20-11-15-22(16-12-20)26-18-24-2/h9-16H,3-8,17-18H2,1-2H3. The Morgan fingerprint density at radius 2 is 0.923 bits per heavy atom. The Labute approximate surface area is 177 Å². The molecule has 0 aliphatic carbocycles. The van der Waals surface area contributed by atoms with Crippen molar-refractivity contribution in [2.75, 3.05) is 22.7 Å². The van der Waals surface area contributed by atoms with Gasteiger partial charge in [0.15, 0.2) is 0 Å². The molecule has 0 saturated heterocycles. The normalized spacial score (nSPS) is 11.0. The van der Waals surface area contributed by atoms with Crippen molar-refractivity contribution in [3.63, 3.8) is 0 Å². The molecular weight excluding hydrogens is 393 g/mol. The van der Waals surface area contributed by atoms with Crippen LogP contribution in [0, 0.1) is 0 Å². The largest absolute Gasteiger partial charge is 0.154 e. The van der Waals surface area contributed by atoms with E-state index in [1.807, 2.05) is 47.0 Å². The summed E-state index contributed by atoms with van der Waals surface area (Å²) in [5.74, 6) is 0. The number of benzene rings is 2. The molecule has 0 atom stereocenters. The zero-order valence-electron chi connectivity index (χ0n) is 15.9. The summed E-state index contributed by atoms with van der Waals surface area (Å²) in [6.07, 6.45) is 12.0. The van der Waals surface area contributed by atoms with Crippen LogP contribution in [0.25, 0.3) is 0 Å². The smallest absolute Gasteiger partial charge is 0.0436 e. The van der Waals surface area contributed by atoms with Gasteiger partial charge in [0.05, 0.1) is 0 Å².